The Labute approximate surface area is 121 Å². The highest BCUT2D eigenvalue weighted by Crippen LogP contribution is 2.31. The Morgan fingerprint density at radius 2 is 1.80 bits per heavy atom. The molecule has 2 rings (SSSR count). The lowest BCUT2D eigenvalue weighted by atomic mass is 9.82. The molecule has 0 aromatic rings. The average molecular weight is 285 g/mol. The van der Waals surface area contributed by atoms with E-state index in [0.29, 0.717) is 50.7 Å². The van der Waals surface area contributed by atoms with E-state index in [1.807, 2.05) is 6.92 Å². The van der Waals surface area contributed by atoms with Gasteiger partial charge in [-0.15, -0.1) is 0 Å². The van der Waals surface area contributed by atoms with Crippen LogP contribution in [0.2, 0.25) is 0 Å². The number of hydrogen-bond donors (Lipinski definition) is 0. The third-order valence-corrected chi connectivity index (χ3v) is 4.41. The van der Waals surface area contributed by atoms with Gasteiger partial charge in [0.15, 0.2) is 0 Å². The van der Waals surface area contributed by atoms with E-state index >= 15 is 0 Å². The van der Waals surface area contributed by atoms with Crippen LogP contribution in [-0.2, 0) is 19.0 Å². The first kappa shape index (κ1) is 15.9. The summed E-state index contributed by atoms with van der Waals surface area (Å²) >= 11 is 0. The molecule has 5 nitrogen and oxygen atoms in total. The largest absolute Gasteiger partial charge is 0.379 e. The van der Waals surface area contributed by atoms with Crippen molar-refractivity contribution >= 4 is 5.78 Å². The fourth-order valence-electron chi connectivity index (χ4n) is 3.10. The minimum atomic E-state index is 0.195. The van der Waals surface area contributed by atoms with Crippen LogP contribution < -0.4 is 0 Å². The van der Waals surface area contributed by atoms with Gasteiger partial charge in [-0.2, -0.15) is 0 Å². The van der Waals surface area contributed by atoms with E-state index in [1.54, 1.807) is 0 Å². The molecule has 2 fully saturated rings. The van der Waals surface area contributed by atoms with Crippen molar-refractivity contribution in [3.05, 3.63) is 0 Å². The molecule has 2 bridgehead atoms. The Hall–Kier alpha value is -0.490. The normalized spacial score (nSPS) is 30.4. The lowest BCUT2D eigenvalue weighted by Crippen LogP contribution is -2.55. The van der Waals surface area contributed by atoms with Crippen LogP contribution in [0.3, 0.4) is 0 Å². The molecule has 2 saturated heterocycles. The molecule has 0 amide bonds. The second kappa shape index (κ2) is 8.08. The van der Waals surface area contributed by atoms with E-state index in [2.05, 4.69) is 11.9 Å². The number of piperidine rings is 1. The van der Waals surface area contributed by atoms with E-state index in [4.69, 9.17) is 14.2 Å². The van der Waals surface area contributed by atoms with E-state index in [-0.39, 0.29) is 5.92 Å². The number of Topliss-reactive ketones (excluding diaryl/α,β-unsaturated/α-hetero) is 1. The number of nitrogens with zero attached hydrogens (tertiary/aromatic N) is 1. The molecule has 0 aromatic heterocycles. The van der Waals surface area contributed by atoms with Crippen LogP contribution in [0.5, 0.6) is 0 Å². The molecule has 2 unspecified atom stereocenters. The predicted molar refractivity (Wildman–Crippen MR) is 75.8 cm³/mol. The molecule has 5 heteroatoms. The summed E-state index contributed by atoms with van der Waals surface area (Å²) in [6.07, 6.45) is 2.40. The van der Waals surface area contributed by atoms with Gasteiger partial charge in [0.2, 0.25) is 0 Å². The van der Waals surface area contributed by atoms with Crippen LogP contribution in [-0.4, -0.2) is 69.5 Å². The van der Waals surface area contributed by atoms with E-state index < -0.39 is 0 Å². The van der Waals surface area contributed by atoms with Crippen molar-refractivity contribution in [2.75, 3.05) is 46.7 Å². The SMILES string of the molecule is CCOCCOCCC(=O)C1CC2COCC(C1)N2C. The van der Waals surface area contributed by atoms with Crippen LogP contribution in [0.4, 0.5) is 0 Å². The smallest absolute Gasteiger partial charge is 0.138 e. The van der Waals surface area contributed by atoms with Gasteiger partial charge in [-0.1, -0.05) is 0 Å². The Bertz CT molecular complexity index is 296. The maximum Gasteiger partial charge on any atom is 0.138 e. The average Bonchev–Trinajstić information content (AvgIpc) is 2.42. The first-order valence-corrected chi connectivity index (χ1v) is 7.70. The van der Waals surface area contributed by atoms with Gasteiger partial charge in [0.05, 0.1) is 33.0 Å². The number of rotatable bonds is 8. The molecular formula is C15H27NO4. The summed E-state index contributed by atoms with van der Waals surface area (Å²) < 4.78 is 16.2. The Morgan fingerprint density at radius 3 is 2.45 bits per heavy atom. The fraction of sp³-hybridized carbons (Fsp3) is 0.933. The van der Waals surface area contributed by atoms with Crippen LogP contribution in [0.15, 0.2) is 0 Å². The Kier molecular flexibility index (Phi) is 6.42. The minimum absolute atomic E-state index is 0.195. The quantitative estimate of drug-likeness (QED) is 0.625. The first-order chi connectivity index (χ1) is 9.72. The van der Waals surface area contributed by atoms with Crippen molar-refractivity contribution in [2.45, 2.75) is 38.3 Å². The summed E-state index contributed by atoms with van der Waals surface area (Å²) in [6.45, 7) is 5.91. The summed E-state index contributed by atoms with van der Waals surface area (Å²) in [6, 6.07) is 0.825. The third-order valence-electron chi connectivity index (χ3n) is 4.41. The molecule has 116 valence electrons. The number of carbonyl (C=O) groups is 1. The maximum absolute atomic E-state index is 12.3. The Balaban J connectivity index is 1.66. The van der Waals surface area contributed by atoms with Gasteiger partial charge in [0, 0.05) is 31.0 Å². The fourth-order valence-corrected chi connectivity index (χ4v) is 3.10. The van der Waals surface area contributed by atoms with Crippen molar-refractivity contribution in [3.63, 3.8) is 0 Å². The van der Waals surface area contributed by atoms with Gasteiger partial charge in [0.1, 0.15) is 5.78 Å². The summed E-state index contributed by atoms with van der Waals surface area (Å²) in [5.74, 6) is 0.548. The van der Waals surface area contributed by atoms with Crippen molar-refractivity contribution in [3.8, 4) is 0 Å². The number of carbonyl (C=O) groups excluding carboxylic acids is 1. The van der Waals surface area contributed by atoms with Crippen LogP contribution in [0.25, 0.3) is 0 Å². The summed E-state index contributed by atoms with van der Waals surface area (Å²) in [5, 5.41) is 0. The molecule has 2 atom stereocenters. The van der Waals surface area contributed by atoms with Gasteiger partial charge in [0.25, 0.3) is 0 Å². The van der Waals surface area contributed by atoms with Crippen molar-refractivity contribution in [1.82, 2.24) is 4.90 Å². The molecule has 0 aromatic carbocycles. The number of fused-ring (bicyclic) bond motifs is 2. The zero-order chi connectivity index (χ0) is 14.4. The van der Waals surface area contributed by atoms with E-state index in [0.717, 1.165) is 26.1 Å². The lowest BCUT2D eigenvalue weighted by molar-refractivity contribution is -0.132. The van der Waals surface area contributed by atoms with Crippen molar-refractivity contribution in [1.29, 1.82) is 0 Å². The van der Waals surface area contributed by atoms with E-state index in [1.165, 1.54) is 0 Å². The monoisotopic (exact) mass is 285 g/mol. The number of hydrogen-bond acceptors (Lipinski definition) is 5. The zero-order valence-corrected chi connectivity index (χ0v) is 12.7. The highest BCUT2D eigenvalue weighted by molar-refractivity contribution is 5.81. The van der Waals surface area contributed by atoms with E-state index in [9.17, 15) is 4.79 Å². The third kappa shape index (κ3) is 4.25. The van der Waals surface area contributed by atoms with Gasteiger partial charge < -0.3 is 14.2 Å². The molecule has 0 N–H and O–H groups in total. The molecule has 0 aliphatic carbocycles. The molecule has 0 spiro atoms. The first-order valence-electron chi connectivity index (χ1n) is 7.70. The molecule has 2 aliphatic heterocycles. The summed E-state index contributed by atoms with van der Waals surface area (Å²) in [4.78, 5) is 14.6. The number of ether oxygens (including phenoxy) is 3. The minimum Gasteiger partial charge on any atom is -0.379 e. The zero-order valence-electron chi connectivity index (χ0n) is 12.7. The standard InChI is InChI=1S/C15H27NO4/c1-3-18-6-7-19-5-4-15(17)12-8-13-10-20-11-14(9-12)16(13)2/h12-14H,3-11H2,1-2H3. The summed E-state index contributed by atoms with van der Waals surface area (Å²) in [7, 11) is 2.15. The van der Waals surface area contributed by atoms with Crippen LogP contribution in [0, 0.1) is 5.92 Å². The number of likely N-dealkylation sites (N-methyl/N-ethyl adjacent to an activating group) is 1. The molecule has 20 heavy (non-hydrogen) atoms. The lowest BCUT2D eigenvalue weighted by Gasteiger charge is -2.46. The predicted octanol–water partition coefficient (Wildman–Crippen LogP) is 1.11. The molecule has 0 saturated carbocycles. The highest BCUT2D eigenvalue weighted by Gasteiger charge is 2.38. The van der Waals surface area contributed by atoms with Crippen molar-refractivity contribution < 1.29 is 19.0 Å². The topological polar surface area (TPSA) is 48.0 Å². The molecule has 0 radical (unpaired) electrons. The van der Waals surface area contributed by atoms with Crippen LogP contribution >= 0.6 is 0 Å². The second-order valence-corrected chi connectivity index (χ2v) is 5.70. The summed E-state index contributed by atoms with van der Waals surface area (Å²) in [5.41, 5.74) is 0. The van der Waals surface area contributed by atoms with Crippen LogP contribution in [0.1, 0.15) is 26.2 Å². The molecular weight excluding hydrogens is 258 g/mol. The second-order valence-electron chi connectivity index (χ2n) is 5.70. The van der Waals surface area contributed by atoms with Crippen molar-refractivity contribution in [2.24, 2.45) is 5.92 Å². The molecule has 2 aliphatic rings. The maximum atomic E-state index is 12.3. The van der Waals surface area contributed by atoms with Gasteiger partial charge in [-0.05, 0) is 26.8 Å². The number of ketones is 1. The van der Waals surface area contributed by atoms with Gasteiger partial charge in [-0.3, -0.25) is 9.69 Å². The van der Waals surface area contributed by atoms with Gasteiger partial charge >= 0.3 is 0 Å². The molecule has 2 heterocycles. The highest BCUT2D eigenvalue weighted by atomic mass is 16.5. The van der Waals surface area contributed by atoms with Gasteiger partial charge in [-0.25, -0.2) is 0 Å². The number of morpholine rings is 1. The Morgan fingerprint density at radius 1 is 1.15 bits per heavy atom.